The van der Waals surface area contributed by atoms with Gasteiger partial charge in [-0.15, -0.1) is 10.2 Å². The summed E-state index contributed by atoms with van der Waals surface area (Å²) in [6.45, 7) is 0. The number of nitrogens with one attached hydrogen (secondary N) is 3. The van der Waals surface area contributed by atoms with Crippen LogP contribution < -0.4 is 16.2 Å². The first-order valence-corrected chi connectivity index (χ1v) is 20.3. The van der Waals surface area contributed by atoms with Crippen molar-refractivity contribution in [1.29, 1.82) is 0 Å². The number of nitro groups is 1. The number of benzene rings is 4. The van der Waals surface area contributed by atoms with Crippen molar-refractivity contribution >= 4 is 93.5 Å². The number of hydrogen-bond acceptors (Lipinski definition) is 18. The van der Waals surface area contributed by atoms with E-state index in [1.54, 1.807) is 30.3 Å². The maximum absolute atomic E-state index is 13.9. The quantitative estimate of drug-likeness (QED) is 0.0317. The summed E-state index contributed by atoms with van der Waals surface area (Å²) in [7, 11) is -15.1. The molecule has 25 heteroatoms. The van der Waals surface area contributed by atoms with Gasteiger partial charge in [-0.2, -0.15) is 35.5 Å². The maximum atomic E-state index is 13.9. The van der Waals surface area contributed by atoms with Crippen LogP contribution >= 0.6 is 0 Å². The fourth-order valence-corrected chi connectivity index (χ4v) is 7.13. The number of hydrogen-bond donors (Lipinski definition) is 7. The minimum atomic E-state index is -5.26. The maximum Gasteiger partial charge on any atom is 0.296 e. The van der Waals surface area contributed by atoms with Gasteiger partial charge in [0.25, 0.3) is 36.0 Å². The summed E-state index contributed by atoms with van der Waals surface area (Å²) in [5.74, 6) is -2.97. The third kappa shape index (κ3) is 9.47. The van der Waals surface area contributed by atoms with Gasteiger partial charge in [0.2, 0.25) is 11.6 Å². The Bertz CT molecular complexity index is 3000. The number of Topliss-reactive ketones (excluding diaryl/α,β-unsaturated/α-hetero) is 1. The Morgan fingerprint density at radius 3 is 1.97 bits per heavy atom. The van der Waals surface area contributed by atoms with E-state index in [0.29, 0.717) is 30.0 Å². The number of rotatable bonds is 12. The molecule has 7 N–H and O–H groups in total. The summed E-state index contributed by atoms with van der Waals surface area (Å²) >= 11 is 0. The smallest absolute Gasteiger partial charge is 0.296 e. The van der Waals surface area contributed by atoms with Crippen molar-refractivity contribution in [2.24, 2.45) is 20.4 Å². The number of nitro benzene ring substituents is 1. The molecule has 0 unspecified atom stereocenters. The monoisotopic (exact) mass is 864 g/mol. The van der Waals surface area contributed by atoms with Crippen LogP contribution in [0.4, 0.5) is 34.1 Å². The summed E-state index contributed by atoms with van der Waals surface area (Å²) < 4.78 is 103. The number of hydrazone groups is 2. The lowest BCUT2D eigenvalue weighted by molar-refractivity contribution is -0.384. The van der Waals surface area contributed by atoms with Gasteiger partial charge in [0, 0.05) is 30.0 Å². The number of para-hydroxylation sites is 1. The van der Waals surface area contributed by atoms with Crippen molar-refractivity contribution in [1.82, 2.24) is 0 Å². The average Bonchev–Trinajstić information content (AvgIpc) is 3.16. The third-order valence-corrected chi connectivity index (χ3v) is 10.6. The van der Waals surface area contributed by atoms with E-state index in [9.17, 15) is 63.7 Å². The van der Waals surface area contributed by atoms with Crippen LogP contribution in [0.25, 0.3) is 6.08 Å². The molecule has 0 aliphatic heterocycles. The topological polar surface area (TPSA) is 346 Å². The molecule has 0 heterocycles. The van der Waals surface area contributed by atoms with Gasteiger partial charge in [-0.25, -0.2) is 0 Å². The number of carbonyl (C=O) groups is 2. The van der Waals surface area contributed by atoms with Gasteiger partial charge in [-0.1, -0.05) is 18.2 Å². The van der Waals surface area contributed by atoms with Crippen LogP contribution in [0.2, 0.25) is 0 Å². The van der Waals surface area contributed by atoms with Crippen molar-refractivity contribution in [2.75, 3.05) is 16.2 Å². The molecule has 0 fully saturated rings. The largest absolute Gasteiger partial charge is 0.505 e. The molecule has 22 nitrogen and oxygen atoms in total. The predicted octanol–water partition coefficient (Wildman–Crippen LogP) is 5.19. The molecule has 59 heavy (non-hydrogen) atoms. The van der Waals surface area contributed by atoms with Gasteiger partial charge < -0.3 is 10.4 Å². The van der Waals surface area contributed by atoms with Gasteiger partial charge >= 0.3 is 0 Å². The average molecular weight is 865 g/mol. The zero-order chi connectivity index (χ0) is 42.9. The minimum absolute atomic E-state index is 0.00341. The van der Waals surface area contributed by atoms with Crippen LogP contribution in [0, 0.1) is 10.1 Å². The molecule has 0 bridgehead atoms. The highest BCUT2D eigenvalue weighted by atomic mass is 32.2. The number of anilines is 4. The van der Waals surface area contributed by atoms with Gasteiger partial charge in [-0.3, -0.25) is 44.2 Å². The molecule has 0 spiro atoms. The van der Waals surface area contributed by atoms with Crippen LogP contribution in [0.5, 0.6) is 0 Å². The number of allylic oxidation sites excluding steroid dienone is 3. The number of non-ortho nitro benzene ring substituents is 1. The van der Waals surface area contributed by atoms with E-state index in [1.807, 2.05) is 0 Å². The van der Waals surface area contributed by atoms with Crippen molar-refractivity contribution in [2.45, 2.75) is 9.79 Å². The van der Waals surface area contributed by atoms with E-state index in [0.717, 1.165) is 24.3 Å². The number of aliphatic hydroxyl groups is 1. The van der Waals surface area contributed by atoms with Crippen LogP contribution in [0.1, 0.15) is 15.9 Å². The van der Waals surface area contributed by atoms with Crippen LogP contribution in [-0.4, -0.2) is 71.9 Å². The molecule has 0 aromatic heterocycles. The molecular weight excluding hydrogens is 841 g/mol. The molecule has 0 saturated heterocycles. The lowest BCUT2D eigenvalue weighted by atomic mass is 9.93. The molecule has 0 amide bonds. The van der Waals surface area contributed by atoms with Crippen molar-refractivity contribution < 1.29 is 58.5 Å². The fraction of sp³-hybridized carbons (Fsp3) is 0. The second-order valence-electron chi connectivity index (χ2n) is 12.0. The van der Waals surface area contributed by atoms with Crippen LogP contribution in [0.3, 0.4) is 0 Å². The van der Waals surface area contributed by atoms with E-state index in [4.69, 9.17) is 0 Å². The first-order chi connectivity index (χ1) is 27.7. The highest BCUT2D eigenvalue weighted by molar-refractivity contribution is 7.91. The number of ketones is 2. The van der Waals surface area contributed by atoms with E-state index >= 15 is 0 Å². The number of aliphatic hydroxyl groups excluding tert-OH is 1. The first kappa shape index (κ1) is 41.3. The molecular formula is C34H24N8O14S3. The molecule has 2 aliphatic rings. The van der Waals surface area contributed by atoms with Gasteiger partial charge in [0.15, 0.2) is 5.71 Å². The Hall–Kier alpha value is -7.29. The molecule has 0 atom stereocenters. The highest BCUT2D eigenvalue weighted by Crippen LogP contribution is 2.36. The number of nitrogens with zero attached hydrogens (tertiary/aromatic N) is 5. The zero-order valence-corrected chi connectivity index (χ0v) is 31.6. The molecule has 4 aromatic rings. The summed E-state index contributed by atoms with van der Waals surface area (Å²) in [6, 6.07) is 17.9. The Labute approximate surface area is 332 Å². The number of azo groups is 1. The van der Waals surface area contributed by atoms with Crippen molar-refractivity contribution in [3.63, 3.8) is 0 Å². The van der Waals surface area contributed by atoms with E-state index < -0.39 is 101 Å². The second-order valence-corrected chi connectivity index (χ2v) is 16.2. The predicted molar refractivity (Wildman–Crippen MR) is 210 cm³/mol. The number of fused-ring (bicyclic) bond motifs is 1. The van der Waals surface area contributed by atoms with Gasteiger partial charge in [0.05, 0.1) is 38.1 Å². The molecule has 6 rings (SSSR count). The summed E-state index contributed by atoms with van der Waals surface area (Å²) in [6.07, 6.45) is 2.21. The van der Waals surface area contributed by atoms with E-state index in [-0.39, 0.29) is 22.7 Å². The van der Waals surface area contributed by atoms with Crippen molar-refractivity contribution in [3.05, 3.63) is 135 Å². The Balaban J connectivity index is 1.36. The molecule has 302 valence electrons. The summed E-state index contributed by atoms with van der Waals surface area (Å²) in [5.41, 5.74) is 1.34. The minimum Gasteiger partial charge on any atom is -0.505 e. The Morgan fingerprint density at radius 1 is 0.678 bits per heavy atom. The van der Waals surface area contributed by atoms with Crippen LogP contribution in [0.15, 0.2) is 144 Å². The van der Waals surface area contributed by atoms with E-state index in [2.05, 4.69) is 36.6 Å². The molecule has 0 radical (unpaired) electrons. The van der Waals surface area contributed by atoms with Crippen LogP contribution in [-0.2, 0) is 35.1 Å². The first-order valence-electron chi connectivity index (χ1n) is 16.0. The number of carbonyl (C=O) groups excluding carboxylic acids is 2. The highest BCUT2D eigenvalue weighted by Gasteiger charge is 2.36. The second kappa shape index (κ2) is 15.9. The van der Waals surface area contributed by atoms with Crippen molar-refractivity contribution in [3.8, 4) is 0 Å². The third-order valence-electron chi connectivity index (χ3n) is 7.97. The van der Waals surface area contributed by atoms with Gasteiger partial charge in [0.1, 0.15) is 27.0 Å². The lowest BCUT2D eigenvalue weighted by Gasteiger charge is -2.18. The molecule has 4 aromatic carbocycles. The van der Waals surface area contributed by atoms with Gasteiger partial charge in [-0.05, 0) is 66.2 Å². The fourth-order valence-electron chi connectivity index (χ4n) is 5.26. The standard InChI is InChI=1S/C34H24N8O14S3/c43-28-17-29(44)26(16-25(28)38-37-21-8-11-24(30(14-21)58(51,52)53)35-19-4-2-1-3-5-19)39-40-27-15-23(57(48,49)50)12-18-13-31(59(54,55)56)33(34(45)32(18)27)41-36-20-6-9-22(10-7-20)42(46)47/h1-17,35-37,44H,(H,48,49,50)(H,51,52,53)(H,54,55,56)/b38-25+,40-39?,41-33+. The molecule has 2 aliphatic carbocycles. The zero-order valence-electron chi connectivity index (χ0n) is 29.1. The SMILES string of the molecule is O=C1C=C(O)C(N=Nc2cc(S(=O)(=O)O)cc3c2C(=O)/C(=N/Nc2ccc([N+](=O)[O-])cc2)C(S(=O)(=O)O)=C3)=C/C1=N\Nc1ccc(Nc2ccccc2)c(S(=O)(=O)O)c1. The summed E-state index contributed by atoms with van der Waals surface area (Å²) in [5, 5.41) is 39.7. The normalized spacial score (nSPS) is 16.0. The summed E-state index contributed by atoms with van der Waals surface area (Å²) in [4.78, 5) is 34.3. The lowest BCUT2D eigenvalue weighted by Crippen LogP contribution is -2.27. The van der Waals surface area contributed by atoms with E-state index in [1.165, 1.54) is 24.3 Å². The Kier molecular flexibility index (Phi) is 11.2. The molecule has 0 saturated carbocycles. The Morgan fingerprint density at radius 2 is 1.34 bits per heavy atom.